The Hall–Kier alpha value is -1.51. The highest BCUT2D eigenvalue weighted by atomic mass is 127. The van der Waals surface area contributed by atoms with Gasteiger partial charge in [0.15, 0.2) is 0 Å². The molecule has 0 saturated heterocycles. The number of hydrogen-bond donors (Lipinski definition) is 0. The molecule has 2 aliphatic rings. The average Bonchev–Trinajstić information content (AvgIpc) is 3.14. The van der Waals surface area contributed by atoms with Crippen molar-refractivity contribution in [3.8, 4) is 0 Å². The molecule has 0 radical (unpaired) electrons. The molecule has 28 heavy (non-hydrogen) atoms. The maximum absolute atomic E-state index is 5.03. The van der Waals surface area contributed by atoms with E-state index in [4.69, 9.17) is 2.82 Å². The molecule has 0 bridgehead atoms. The van der Waals surface area contributed by atoms with Crippen molar-refractivity contribution >= 4 is 32.3 Å². The molecule has 0 amide bonds. The van der Waals surface area contributed by atoms with E-state index in [1.54, 1.807) is 3.58 Å². The number of aryl methyl sites for hydroxylation is 2. The SMILES string of the molecule is C=CC1=C(c2cc(C)ccc2C)CC(/C(=C\C)C2=[N+]=IC(C(C)(C)C)=C2)CC1. The van der Waals surface area contributed by atoms with Crippen LogP contribution in [0.25, 0.3) is 5.57 Å². The van der Waals surface area contributed by atoms with Crippen molar-refractivity contribution in [2.45, 2.75) is 60.8 Å². The van der Waals surface area contributed by atoms with E-state index in [-0.39, 0.29) is 26.4 Å². The van der Waals surface area contributed by atoms with Gasteiger partial charge in [0.05, 0.1) is 3.58 Å². The van der Waals surface area contributed by atoms with Crippen LogP contribution in [0.5, 0.6) is 0 Å². The first-order valence-electron chi connectivity index (χ1n) is 10.3. The summed E-state index contributed by atoms with van der Waals surface area (Å²) in [5, 5.41) is 0. The number of hydrogen-bond acceptors (Lipinski definition) is 0. The number of halogens is 1. The Morgan fingerprint density at radius 2 is 2.00 bits per heavy atom. The summed E-state index contributed by atoms with van der Waals surface area (Å²) in [7, 11) is 0. The van der Waals surface area contributed by atoms with Crippen LogP contribution in [0.2, 0.25) is 0 Å². The minimum Gasteiger partial charge on any atom is -0.0988 e. The molecule has 0 N–H and O–H groups in total. The third-order valence-corrected chi connectivity index (χ3v) is 9.03. The molecule has 0 spiro atoms. The van der Waals surface area contributed by atoms with Crippen LogP contribution in [0.3, 0.4) is 0 Å². The van der Waals surface area contributed by atoms with Crippen molar-refractivity contribution in [1.29, 1.82) is 0 Å². The molecule has 2 heteroatoms. The van der Waals surface area contributed by atoms with Crippen LogP contribution < -0.4 is 2.82 Å². The lowest BCUT2D eigenvalue weighted by atomic mass is 9.75. The Morgan fingerprint density at radius 3 is 2.61 bits per heavy atom. The van der Waals surface area contributed by atoms with E-state index in [2.05, 4.69) is 84.5 Å². The highest BCUT2D eigenvalue weighted by Crippen LogP contribution is 2.42. The molecule has 0 fully saturated rings. The molecular formula is C26H33IN+. The van der Waals surface area contributed by atoms with E-state index in [1.165, 1.54) is 45.5 Å². The number of allylic oxidation sites excluding steroid dienone is 7. The first-order valence-corrected chi connectivity index (χ1v) is 12.3. The number of nitrogens with zero attached hydrogens (tertiary/aromatic N) is 1. The van der Waals surface area contributed by atoms with Crippen LogP contribution >= 0.6 is 21.0 Å². The van der Waals surface area contributed by atoms with Gasteiger partial charge in [0.25, 0.3) is 0 Å². The first kappa shape index (κ1) is 21.2. The summed E-state index contributed by atoms with van der Waals surface area (Å²) < 4.78 is 6.58. The van der Waals surface area contributed by atoms with Gasteiger partial charge in [-0.05, 0) is 73.6 Å². The molecule has 1 aliphatic carbocycles. The predicted molar refractivity (Wildman–Crippen MR) is 133 cm³/mol. The van der Waals surface area contributed by atoms with Gasteiger partial charge >= 0.3 is 26.7 Å². The van der Waals surface area contributed by atoms with Crippen LogP contribution in [0.15, 0.2) is 57.7 Å². The summed E-state index contributed by atoms with van der Waals surface area (Å²) in [6.45, 7) is 17.6. The summed E-state index contributed by atoms with van der Waals surface area (Å²) in [5.74, 6) is 0.543. The lowest BCUT2D eigenvalue weighted by molar-refractivity contribution is 0.539. The molecule has 1 atom stereocenters. The van der Waals surface area contributed by atoms with E-state index >= 15 is 0 Å². The molecule has 1 nitrogen and oxygen atoms in total. The van der Waals surface area contributed by atoms with Gasteiger partial charge in [-0.15, -0.1) is 0 Å². The topological polar surface area (TPSA) is 14.1 Å². The zero-order chi connectivity index (χ0) is 20.5. The highest BCUT2D eigenvalue weighted by Gasteiger charge is 2.34. The maximum Gasteiger partial charge on any atom is 0.389 e. The van der Waals surface area contributed by atoms with Gasteiger partial charge in [-0.1, -0.05) is 66.1 Å². The van der Waals surface area contributed by atoms with Gasteiger partial charge in [0, 0.05) is 11.6 Å². The van der Waals surface area contributed by atoms with E-state index in [0.29, 0.717) is 5.92 Å². The van der Waals surface area contributed by atoms with Gasteiger partial charge in [0.2, 0.25) is 0 Å². The van der Waals surface area contributed by atoms with Gasteiger partial charge in [-0.25, -0.2) is 0 Å². The van der Waals surface area contributed by atoms with E-state index < -0.39 is 0 Å². The average molecular weight is 486 g/mol. The minimum absolute atomic E-state index is 0.214. The van der Waals surface area contributed by atoms with E-state index in [9.17, 15) is 0 Å². The summed E-state index contributed by atoms with van der Waals surface area (Å²) >= 11 is -0.214. The fourth-order valence-electron chi connectivity index (χ4n) is 4.12. The fourth-order valence-corrected chi connectivity index (χ4v) is 6.22. The lowest BCUT2D eigenvalue weighted by Gasteiger charge is -2.28. The third-order valence-electron chi connectivity index (χ3n) is 5.82. The fraction of sp³-hybridized carbons (Fsp3) is 0.423. The smallest absolute Gasteiger partial charge is 0.0988 e. The highest BCUT2D eigenvalue weighted by molar-refractivity contribution is 14.2. The summed E-state index contributed by atoms with van der Waals surface area (Å²) in [6, 6.07) is 6.81. The van der Waals surface area contributed by atoms with E-state index in [1.807, 2.05) is 0 Å². The summed E-state index contributed by atoms with van der Waals surface area (Å²) in [6.07, 6.45) is 10.2. The van der Waals surface area contributed by atoms with E-state index in [0.717, 1.165) is 12.8 Å². The summed E-state index contributed by atoms with van der Waals surface area (Å²) in [5.41, 5.74) is 9.95. The third kappa shape index (κ3) is 4.39. The maximum atomic E-state index is 5.03. The van der Waals surface area contributed by atoms with Crippen molar-refractivity contribution in [3.05, 3.63) is 74.4 Å². The van der Waals surface area contributed by atoms with Crippen LogP contribution in [0, 0.1) is 25.2 Å². The quantitative estimate of drug-likeness (QED) is 0.307. The Bertz CT molecular complexity index is 957. The normalized spacial score (nSPS) is 20.6. The Kier molecular flexibility index (Phi) is 6.41. The van der Waals surface area contributed by atoms with Gasteiger partial charge in [0.1, 0.15) is 0 Å². The van der Waals surface area contributed by atoms with Crippen LogP contribution in [-0.2, 0) is 0 Å². The van der Waals surface area contributed by atoms with Crippen molar-refractivity contribution in [2.24, 2.45) is 11.3 Å². The van der Waals surface area contributed by atoms with Crippen LogP contribution in [-0.4, -0.2) is 5.71 Å². The Labute approximate surface area is 181 Å². The molecular weight excluding hydrogens is 453 g/mol. The van der Waals surface area contributed by atoms with Gasteiger partial charge in [-0.2, -0.15) is 0 Å². The molecule has 1 unspecified atom stereocenters. The van der Waals surface area contributed by atoms with Crippen LogP contribution in [0.4, 0.5) is 0 Å². The van der Waals surface area contributed by atoms with Crippen molar-refractivity contribution < 1.29 is 0 Å². The second kappa shape index (κ2) is 8.47. The zero-order valence-corrected chi connectivity index (χ0v) is 20.4. The predicted octanol–water partition coefficient (Wildman–Crippen LogP) is 7.60. The monoisotopic (exact) mass is 486 g/mol. The standard InChI is InChI=1S/C26H33IN/c1-8-19-12-13-20(15-23(19)22-14-17(3)10-11-18(22)4)21(9-2)24-16-25(27-28-24)26(5,6)7/h8-11,14,16,20H,1,12-13,15H2,2-7H3/q+1/b21-9+. The second-order valence-electron chi connectivity index (χ2n) is 9.01. The summed E-state index contributed by atoms with van der Waals surface area (Å²) in [4.78, 5) is 0. The van der Waals surface area contributed by atoms with Gasteiger partial charge < -0.3 is 0 Å². The molecule has 1 aliphatic heterocycles. The molecule has 3 rings (SSSR count). The number of benzene rings is 1. The Balaban J connectivity index is 1.95. The molecule has 148 valence electrons. The lowest BCUT2D eigenvalue weighted by Crippen LogP contribution is -2.18. The largest absolute Gasteiger partial charge is 0.389 e. The molecule has 1 heterocycles. The number of rotatable bonds is 4. The zero-order valence-electron chi connectivity index (χ0n) is 18.2. The minimum atomic E-state index is -0.214. The molecule has 1 aromatic rings. The van der Waals surface area contributed by atoms with Gasteiger partial charge in [-0.3, -0.25) is 0 Å². The van der Waals surface area contributed by atoms with Crippen molar-refractivity contribution in [2.75, 3.05) is 0 Å². The first-order chi connectivity index (χ1) is 13.2. The second-order valence-corrected chi connectivity index (χ2v) is 11.1. The molecule has 0 saturated carbocycles. The molecule has 1 aromatic carbocycles. The van der Waals surface area contributed by atoms with Crippen molar-refractivity contribution in [1.82, 2.24) is 2.82 Å². The molecule has 0 aromatic heterocycles. The Morgan fingerprint density at radius 1 is 1.25 bits per heavy atom. The van der Waals surface area contributed by atoms with Crippen molar-refractivity contribution in [3.63, 3.8) is 0 Å². The van der Waals surface area contributed by atoms with Crippen LogP contribution in [0.1, 0.15) is 63.6 Å².